The molecule has 0 spiro atoms. The summed E-state index contributed by atoms with van der Waals surface area (Å²) in [5, 5.41) is 12.7. The monoisotopic (exact) mass is 487 g/mol. The van der Waals surface area contributed by atoms with Gasteiger partial charge in [-0.15, -0.1) is 0 Å². The van der Waals surface area contributed by atoms with Gasteiger partial charge in [-0.2, -0.15) is 0 Å². The predicted molar refractivity (Wildman–Crippen MR) is 117 cm³/mol. The fourth-order valence-corrected chi connectivity index (χ4v) is 3.60. The molecule has 1 aliphatic heterocycles. The summed E-state index contributed by atoms with van der Waals surface area (Å²) in [5.74, 6) is 5.13. The third kappa shape index (κ3) is 9.25. The molecule has 1 aliphatic rings. The van der Waals surface area contributed by atoms with Crippen LogP contribution in [-0.2, 0) is 18.6 Å². The Kier molecular flexibility index (Phi) is 10.5. The second-order valence-electron chi connectivity index (χ2n) is 7.67. The average Bonchev–Trinajstić information content (AvgIpc) is 3.10. The Hall–Kier alpha value is -2.26. The maximum absolute atomic E-state index is 12.2. The maximum atomic E-state index is 12.2. The van der Waals surface area contributed by atoms with Gasteiger partial charge in [-0.25, -0.2) is 9.36 Å². The topological polar surface area (TPSA) is 180 Å². The van der Waals surface area contributed by atoms with E-state index in [1.807, 2.05) is 0 Å². The maximum Gasteiger partial charge on any atom is 0.469 e. The van der Waals surface area contributed by atoms with E-state index in [1.54, 1.807) is 0 Å². The van der Waals surface area contributed by atoms with Crippen molar-refractivity contribution >= 4 is 13.7 Å². The Morgan fingerprint density at radius 2 is 2.06 bits per heavy atom. The first-order valence-corrected chi connectivity index (χ1v) is 12.3. The van der Waals surface area contributed by atoms with Gasteiger partial charge >= 0.3 is 13.5 Å². The first-order valence-electron chi connectivity index (χ1n) is 10.8. The quantitative estimate of drug-likeness (QED) is 0.165. The SMILES string of the molecule is CCCCCCCC(=O)NCC#Cc1cn([C@H]2C[C@H](O)[C@@H](COP(=O)(O)O)O2)c(=O)[nH]c1=O. The lowest BCUT2D eigenvalue weighted by atomic mass is 10.1. The van der Waals surface area contributed by atoms with Crippen LogP contribution in [0.3, 0.4) is 0 Å². The number of aromatic amines is 1. The summed E-state index contributed by atoms with van der Waals surface area (Å²) in [4.78, 5) is 55.7. The highest BCUT2D eigenvalue weighted by atomic mass is 31.2. The molecule has 1 aromatic heterocycles. The summed E-state index contributed by atoms with van der Waals surface area (Å²) in [5.41, 5.74) is -1.56. The number of phosphoric ester groups is 1. The van der Waals surface area contributed by atoms with E-state index in [0.717, 1.165) is 36.7 Å². The summed E-state index contributed by atoms with van der Waals surface area (Å²) >= 11 is 0. The molecule has 1 fully saturated rings. The van der Waals surface area contributed by atoms with Gasteiger partial charge in [0.25, 0.3) is 5.56 Å². The fourth-order valence-electron chi connectivity index (χ4n) is 3.25. The zero-order valence-electron chi connectivity index (χ0n) is 18.4. The molecule has 3 atom stereocenters. The second kappa shape index (κ2) is 12.8. The summed E-state index contributed by atoms with van der Waals surface area (Å²) in [6.45, 7) is 1.58. The number of carbonyl (C=O) groups excluding carboxylic acids is 1. The number of phosphoric acid groups is 1. The number of hydrogen-bond donors (Lipinski definition) is 5. The number of ether oxygens (including phenoxy) is 1. The molecular weight excluding hydrogens is 457 g/mol. The van der Waals surface area contributed by atoms with Crippen LogP contribution in [0.5, 0.6) is 0 Å². The van der Waals surface area contributed by atoms with E-state index in [4.69, 9.17) is 14.5 Å². The van der Waals surface area contributed by atoms with Crippen LogP contribution in [-0.4, -0.2) is 55.7 Å². The number of carbonyl (C=O) groups is 1. The molecule has 1 aromatic rings. The number of nitrogens with zero attached hydrogens (tertiary/aromatic N) is 1. The van der Waals surface area contributed by atoms with Gasteiger partial charge < -0.3 is 24.9 Å². The lowest BCUT2D eigenvalue weighted by molar-refractivity contribution is -0.120. The highest BCUT2D eigenvalue weighted by molar-refractivity contribution is 7.46. The van der Waals surface area contributed by atoms with Crippen LogP contribution in [0.25, 0.3) is 0 Å². The molecule has 12 nitrogen and oxygen atoms in total. The minimum Gasteiger partial charge on any atom is -0.390 e. The third-order valence-electron chi connectivity index (χ3n) is 4.99. The van der Waals surface area contributed by atoms with Gasteiger partial charge in [0.05, 0.1) is 19.3 Å². The number of aliphatic hydroxyl groups is 1. The molecule has 0 unspecified atom stereocenters. The van der Waals surface area contributed by atoms with E-state index in [0.29, 0.717) is 6.42 Å². The molecule has 0 bridgehead atoms. The molecule has 1 amide bonds. The third-order valence-corrected chi connectivity index (χ3v) is 5.48. The van der Waals surface area contributed by atoms with Gasteiger partial charge in [-0.3, -0.25) is 23.7 Å². The van der Waals surface area contributed by atoms with E-state index in [2.05, 4.69) is 33.6 Å². The van der Waals surface area contributed by atoms with Crippen LogP contribution >= 0.6 is 7.82 Å². The molecule has 33 heavy (non-hydrogen) atoms. The van der Waals surface area contributed by atoms with E-state index in [-0.39, 0.29) is 24.4 Å². The van der Waals surface area contributed by atoms with Crippen molar-refractivity contribution in [3.8, 4) is 11.8 Å². The summed E-state index contributed by atoms with van der Waals surface area (Å²) in [6, 6.07) is 0. The van der Waals surface area contributed by atoms with Crippen molar-refractivity contribution < 1.29 is 33.5 Å². The lowest BCUT2D eigenvalue weighted by Crippen LogP contribution is -2.33. The first kappa shape index (κ1) is 27.0. The number of H-pyrrole nitrogens is 1. The molecule has 0 aliphatic carbocycles. The molecule has 0 aromatic carbocycles. The number of nitrogens with one attached hydrogen (secondary N) is 2. The van der Waals surface area contributed by atoms with Crippen molar-refractivity contribution in [3.63, 3.8) is 0 Å². The smallest absolute Gasteiger partial charge is 0.390 e. The molecule has 0 saturated carbocycles. The van der Waals surface area contributed by atoms with Crippen LogP contribution in [0.4, 0.5) is 0 Å². The van der Waals surface area contributed by atoms with Crippen LogP contribution in [0.15, 0.2) is 15.8 Å². The Morgan fingerprint density at radius 3 is 2.76 bits per heavy atom. The number of rotatable bonds is 11. The standard InChI is InChI=1S/C20H30N3O9P/c1-2-3-4-5-6-9-17(25)21-10-7-8-14-12-23(20(27)22-19(14)26)18-11-15(24)16(32-18)13-31-33(28,29)30/h12,15-16,18,24H,2-6,9-11,13H2,1H3,(H,21,25)(H,22,26,27)(H2,28,29,30)/t15-,16+,18+/m0/s1. The molecule has 5 N–H and O–H groups in total. The Morgan fingerprint density at radius 1 is 1.33 bits per heavy atom. The van der Waals surface area contributed by atoms with Crippen LogP contribution in [0, 0.1) is 11.8 Å². The first-order chi connectivity index (χ1) is 15.6. The van der Waals surface area contributed by atoms with Crippen LogP contribution in [0.2, 0.25) is 0 Å². The normalized spacial score (nSPS) is 20.3. The van der Waals surface area contributed by atoms with E-state index in [9.17, 15) is 24.1 Å². The molecule has 2 heterocycles. The minimum atomic E-state index is -4.75. The van der Waals surface area contributed by atoms with Gasteiger partial charge in [0.2, 0.25) is 5.91 Å². The van der Waals surface area contributed by atoms with Crippen molar-refractivity contribution in [1.82, 2.24) is 14.9 Å². The summed E-state index contributed by atoms with van der Waals surface area (Å²) in [6.07, 6.45) is 3.47. The molecule has 13 heteroatoms. The molecule has 184 valence electrons. The molecular formula is C20H30N3O9P. The van der Waals surface area contributed by atoms with E-state index in [1.165, 1.54) is 6.20 Å². The molecule has 2 rings (SSSR count). The summed E-state index contributed by atoms with van der Waals surface area (Å²) < 4.78 is 21.7. The molecule has 0 radical (unpaired) electrons. The van der Waals surface area contributed by atoms with Gasteiger partial charge in [-0.1, -0.05) is 44.4 Å². The van der Waals surface area contributed by atoms with E-state index < -0.39 is 44.1 Å². The van der Waals surface area contributed by atoms with Gasteiger partial charge in [0.15, 0.2) is 0 Å². The van der Waals surface area contributed by atoms with Crippen LogP contribution < -0.4 is 16.6 Å². The van der Waals surface area contributed by atoms with Crippen LogP contribution in [0.1, 0.15) is 63.7 Å². The Balaban J connectivity index is 1.95. The van der Waals surface area contributed by atoms with Crippen molar-refractivity contribution in [2.75, 3.05) is 13.2 Å². The summed E-state index contributed by atoms with van der Waals surface area (Å²) in [7, 11) is -4.75. The van der Waals surface area contributed by atoms with Crippen molar-refractivity contribution in [2.45, 2.75) is 70.3 Å². The average molecular weight is 487 g/mol. The largest absolute Gasteiger partial charge is 0.469 e. The number of hydrogen-bond acceptors (Lipinski definition) is 7. The van der Waals surface area contributed by atoms with E-state index >= 15 is 0 Å². The Labute approximate surface area is 190 Å². The Bertz CT molecular complexity index is 1020. The van der Waals surface area contributed by atoms with Gasteiger partial charge in [0.1, 0.15) is 17.9 Å². The number of amides is 1. The highest BCUT2D eigenvalue weighted by Crippen LogP contribution is 2.38. The van der Waals surface area contributed by atoms with Gasteiger partial charge in [-0.05, 0) is 6.42 Å². The fraction of sp³-hybridized carbons (Fsp3) is 0.650. The lowest BCUT2D eigenvalue weighted by Gasteiger charge is -2.16. The second-order valence-corrected chi connectivity index (χ2v) is 8.91. The minimum absolute atomic E-state index is 0.0345. The predicted octanol–water partition coefficient (Wildman–Crippen LogP) is 0.123. The highest BCUT2D eigenvalue weighted by Gasteiger charge is 2.37. The molecule has 1 saturated heterocycles. The van der Waals surface area contributed by atoms with Crippen molar-refractivity contribution in [2.24, 2.45) is 0 Å². The number of unbranched alkanes of at least 4 members (excludes halogenated alkanes) is 4. The number of aliphatic hydroxyl groups excluding tert-OH is 1. The van der Waals surface area contributed by atoms with Crippen molar-refractivity contribution in [1.29, 1.82) is 0 Å². The zero-order chi connectivity index (χ0) is 24.4. The van der Waals surface area contributed by atoms with Crippen molar-refractivity contribution in [3.05, 3.63) is 32.6 Å². The number of aromatic nitrogens is 2. The van der Waals surface area contributed by atoms with Gasteiger partial charge in [0, 0.05) is 19.0 Å². The zero-order valence-corrected chi connectivity index (χ0v) is 19.3.